The second-order valence-electron chi connectivity index (χ2n) is 8.91. The average Bonchev–Trinajstić information content (AvgIpc) is 2.90. The number of nitrogens with zero attached hydrogens (tertiary/aromatic N) is 1. The number of carbonyl (C=O) groups excluding carboxylic acids is 1. The van der Waals surface area contributed by atoms with Crippen molar-refractivity contribution in [3.63, 3.8) is 0 Å². The highest BCUT2D eigenvalue weighted by atomic mass is 16.5. The van der Waals surface area contributed by atoms with Gasteiger partial charge in [0.15, 0.2) is 11.5 Å². The van der Waals surface area contributed by atoms with Crippen molar-refractivity contribution >= 4 is 5.91 Å². The fourth-order valence-electron chi connectivity index (χ4n) is 4.17. The summed E-state index contributed by atoms with van der Waals surface area (Å²) in [5.74, 6) is 1.30. The lowest BCUT2D eigenvalue weighted by molar-refractivity contribution is 0.0754. The maximum absolute atomic E-state index is 13.7. The molecule has 0 N–H and O–H groups in total. The molecule has 0 fully saturated rings. The molecule has 0 unspecified atom stereocenters. The Balaban J connectivity index is 1.86. The Labute approximate surface area is 210 Å². The van der Waals surface area contributed by atoms with Crippen LogP contribution >= 0.6 is 0 Å². The monoisotopic (exact) mass is 473 g/mol. The van der Waals surface area contributed by atoms with E-state index in [9.17, 15) is 4.79 Å². The second kappa shape index (κ2) is 14.2. The maximum Gasteiger partial charge on any atom is 0.254 e. The zero-order valence-corrected chi connectivity index (χ0v) is 21.4. The summed E-state index contributed by atoms with van der Waals surface area (Å²) in [5, 5.41) is 0. The fourth-order valence-corrected chi connectivity index (χ4v) is 4.17. The SMILES string of the molecule is CCCCCOc1ccc(C(=O)N(C)C(c2ccccc2)c2ccccc2)cc1OCCCCC. The molecule has 0 bridgehead atoms. The number of unbranched alkanes of at least 4 members (excludes halogenated alkanes) is 4. The molecule has 4 heteroatoms. The first-order valence-electron chi connectivity index (χ1n) is 12.9. The molecule has 35 heavy (non-hydrogen) atoms. The normalized spacial score (nSPS) is 10.9. The minimum Gasteiger partial charge on any atom is -0.490 e. The number of amides is 1. The van der Waals surface area contributed by atoms with Crippen molar-refractivity contribution < 1.29 is 14.3 Å². The van der Waals surface area contributed by atoms with Crippen LogP contribution in [0.15, 0.2) is 78.9 Å². The molecule has 0 spiro atoms. The van der Waals surface area contributed by atoms with Crippen LogP contribution in [-0.2, 0) is 0 Å². The summed E-state index contributed by atoms with van der Waals surface area (Å²) in [6, 6.07) is 25.7. The van der Waals surface area contributed by atoms with Crippen molar-refractivity contribution in [1.82, 2.24) is 4.90 Å². The molecule has 0 heterocycles. The molecule has 0 aliphatic carbocycles. The van der Waals surface area contributed by atoms with Gasteiger partial charge < -0.3 is 14.4 Å². The molecule has 3 rings (SSSR count). The van der Waals surface area contributed by atoms with Gasteiger partial charge in [-0.25, -0.2) is 0 Å². The highest BCUT2D eigenvalue weighted by Crippen LogP contribution is 2.32. The van der Waals surface area contributed by atoms with Crippen molar-refractivity contribution in [3.05, 3.63) is 95.6 Å². The highest BCUT2D eigenvalue weighted by molar-refractivity contribution is 5.95. The van der Waals surface area contributed by atoms with E-state index in [-0.39, 0.29) is 11.9 Å². The van der Waals surface area contributed by atoms with Crippen molar-refractivity contribution in [1.29, 1.82) is 0 Å². The molecule has 0 saturated heterocycles. The summed E-state index contributed by atoms with van der Waals surface area (Å²) in [6.45, 7) is 5.62. The highest BCUT2D eigenvalue weighted by Gasteiger charge is 2.25. The van der Waals surface area contributed by atoms with Gasteiger partial charge in [0.1, 0.15) is 0 Å². The van der Waals surface area contributed by atoms with Gasteiger partial charge in [0.2, 0.25) is 0 Å². The van der Waals surface area contributed by atoms with Gasteiger partial charge in [0.25, 0.3) is 5.91 Å². The Bertz CT molecular complexity index is 980. The topological polar surface area (TPSA) is 38.8 Å². The number of rotatable bonds is 14. The summed E-state index contributed by atoms with van der Waals surface area (Å²) in [4.78, 5) is 15.5. The first kappa shape index (κ1) is 26.3. The number of benzene rings is 3. The Morgan fingerprint density at radius 1 is 0.714 bits per heavy atom. The zero-order valence-electron chi connectivity index (χ0n) is 21.4. The number of hydrogen-bond donors (Lipinski definition) is 0. The van der Waals surface area contributed by atoms with Gasteiger partial charge in [-0.1, -0.05) is 100 Å². The van der Waals surface area contributed by atoms with Crippen LogP contribution in [0.2, 0.25) is 0 Å². The van der Waals surface area contributed by atoms with Crippen LogP contribution in [0.25, 0.3) is 0 Å². The lowest BCUT2D eigenvalue weighted by atomic mass is 9.97. The van der Waals surface area contributed by atoms with E-state index in [1.807, 2.05) is 66.5 Å². The molecule has 3 aromatic rings. The van der Waals surface area contributed by atoms with E-state index in [1.165, 1.54) is 0 Å². The van der Waals surface area contributed by atoms with Crippen molar-refractivity contribution in [2.24, 2.45) is 0 Å². The van der Waals surface area contributed by atoms with E-state index in [0.29, 0.717) is 30.3 Å². The Morgan fingerprint density at radius 3 is 1.74 bits per heavy atom. The van der Waals surface area contributed by atoms with E-state index in [1.54, 1.807) is 0 Å². The second-order valence-corrected chi connectivity index (χ2v) is 8.91. The first-order valence-corrected chi connectivity index (χ1v) is 12.9. The van der Waals surface area contributed by atoms with Gasteiger partial charge in [-0.3, -0.25) is 4.79 Å². The molecule has 1 amide bonds. The van der Waals surface area contributed by atoms with Crippen LogP contribution in [0.1, 0.15) is 79.9 Å². The third-order valence-corrected chi connectivity index (χ3v) is 6.14. The van der Waals surface area contributed by atoms with Gasteiger partial charge in [-0.2, -0.15) is 0 Å². The summed E-state index contributed by atoms with van der Waals surface area (Å²) < 4.78 is 12.1. The zero-order chi connectivity index (χ0) is 24.9. The Morgan fingerprint density at radius 2 is 1.23 bits per heavy atom. The van der Waals surface area contributed by atoms with Crippen LogP contribution in [0.4, 0.5) is 0 Å². The Kier molecular flexibility index (Phi) is 10.7. The minimum atomic E-state index is -0.191. The molecule has 0 aliphatic heterocycles. The summed E-state index contributed by atoms with van der Waals surface area (Å²) in [6.07, 6.45) is 6.51. The summed E-state index contributed by atoms with van der Waals surface area (Å²) in [5.41, 5.74) is 2.73. The first-order chi connectivity index (χ1) is 17.2. The van der Waals surface area contributed by atoms with Gasteiger partial charge in [-0.05, 0) is 42.2 Å². The van der Waals surface area contributed by atoms with Crippen LogP contribution in [0.5, 0.6) is 11.5 Å². The van der Waals surface area contributed by atoms with Crippen molar-refractivity contribution in [2.45, 2.75) is 58.4 Å². The molecule has 0 aliphatic rings. The van der Waals surface area contributed by atoms with E-state index in [0.717, 1.165) is 49.7 Å². The maximum atomic E-state index is 13.7. The van der Waals surface area contributed by atoms with Crippen LogP contribution in [0, 0.1) is 0 Å². The van der Waals surface area contributed by atoms with Gasteiger partial charge in [0, 0.05) is 12.6 Å². The van der Waals surface area contributed by atoms with Crippen molar-refractivity contribution in [2.75, 3.05) is 20.3 Å². The number of hydrogen-bond acceptors (Lipinski definition) is 3. The van der Waals surface area contributed by atoms with E-state index in [2.05, 4.69) is 38.1 Å². The van der Waals surface area contributed by atoms with Crippen LogP contribution < -0.4 is 9.47 Å². The molecule has 0 aromatic heterocycles. The Hall–Kier alpha value is -3.27. The third-order valence-electron chi connectivity index (χ3n) is 6.14. The predicted molar refractivity (Wildman–Crippen MR) is 143 cm³/mol. The number of carbonyl (C=O) groups is 1. The quantitative estimate of drug-likeness (QED) is 0.225. The number of ether oxygens (including phenoxy) is 2. The molecule has 4 nitrogen and oxygen atoms in total. The third kappa shape index (κ3) is 7.61. The molecule has 0 saturated carbocycles. The predicted octanol–water partition coefficient (Wildman–Crippen LogP) is 7.69. The van der Waals surface area contributed by atoms with Crippen LogP contribution in [-0.4, -0.2) is 31.1 Å². The largest absolute Gasteiger partial charge is 0.490 e. The smallest absolute Gasteiger partial charge is 0.254 e. The molecule has 186 valence electrons. The summed E-state index contributed by atoms with van der Waals surface area (Å²) >= 11 is 0. The van der Waals surface area contributed by atoms with E-state index >= 15 is 0 Å². The molecule has 3 aromatic carbocycles. The standard InChI is InChI=1S/C31H39NO3/c1-4-6-14-22-34-28-21-20-27(24-29(28)35-23-15-7-5-2)31(33)32(3)30(25-16-10-8-11-17-25)26-18-12-9-13-19-26/h8-13,16-21,24,30H,4-7,14-15,22-23H2,1-3H3. The molecular weight excluding hydrogens is 434 g/mol. The van der Waals surface area contributed by atoms with E-state index in [4.69, 9.17) is 9.47 Å². The minimum absolute atomic E-state index is 0.0568. The van der Waals surface area contributed by atoms with Gasteiger partial charge >= 0.3 is 0 Å². The lowest BCUT2D eigenvalue weighted by Gasteiger charge is -2.29. The lowest BCUT2D eigenvalue weighted by Crippen LogP contribution is -2.32. The summed E-state index contributed by atoms with van der Waals surface area (Å²) in [7, 11) is 1.87. The van der Waals surface area contributed by atoms with E-state index < -0.39 is 0 Å². The molecule has 0 atom stereocenters. The van der Waals surface area contributed by atoms with Gasteiger partial charge in [-0.15, -0.1) is 0 Å². The fraction of sp³-hybridized carbons (Fsp3) is 0.387. The molecule has 0 radical (unpaired) electrons. The molecular formula is C31H39NO3. The van der Waals surface area contributed by atoms with Crippen LogP contribution in [0.3, 0.4) is 0 Å². The van der Waals surface area contributed by atoms with Crippen molar-refractivity contribution in [3.8, 4) is 11.5 Å². The van der Waals surface area contributed by atoms with Gasteiger partial charge in [0.05, 0.1) is 19.3 Å². The average molecular weight is 474 g/mol.